The van der Waals surface area contributed by atoms with Crippen LogP contribution in [0.4, 0.5) is 0 Å². The minimum absolute atomic E-state index is 0.199. The lowest BCUT2D eigenvalue weighted by atomic mass is 9.95. The number of rotatable bonds is 4. The number of nitrogens with zero attached hydrogens (tertiary/aromatic N) is 2. The van der Waals surface area contributed by atoms with Gasteiger partial charge in [-0.2, -0.15) is 5.10 Å². The molecule has 0 amide bonds. The molecule has 0 aromatic heterocycles. The lowest BCUT2D eigenvalue weighted by molar-refractivity contribution is -0.0190. The van der Waals surface area contributed by atoms with Crippen LogP contribution in [0.15, 0.2) is 53.6 Å². The molecular weight excluding hydrogens is 312 g/mol. The number of para-hydroxylation sites is 1. The maximum atomic E-state index is 6.34. The van der Waals surface area contributed by atoms with E-state index in [1.54, 1.807) is 7.11 Å². The Labute approximate surface area is 149 Å². The number of hydrogen-bond acceptors (Lipinski definition) is 4. The second-order valence-corrected chi connectivity index (χ2v) is 7.15. The average Bonchev–Trinajstić information content (AvgIpc) is 3.04. The van der Waals surface area contributed by atoms with Gasteiger partial charge in [0.25, 0.3) is 0 Å². The van der Waals surface area contributed by atoms with Gasteiger partial charge in [0.15, 0.2) is 0 Å². The predicted molar refractivity (Wildman–Crippen MR) is 98.9 cm³/mol. The first-order valence-corrected chi connectivity index (χ1v) is 8.90. The van der Waals surface area contributed by atoms with Gasteiger partial charge in [0.05, 0.1) is 13.2 Å². The van der Waals surface area contributed by atoms with Crippen molar-refractivity contribution >= 4 is 5.71 Å². The molecule has 0 N–H and O–H groups in total. The highest BCUT2D eigenvalue weighted by Crippen LogP contribution is 2.47. The zero-order valence-corrected chi connectivity index (χ0v) is 15.0. The van der Waals surface area contributed by atoms with Crippen molar-refractivity contribution in [2.45, 2.75) is 39.0 Å². The van der Waals surface area contributed by atoms with Gasteiger partial charge in [-0.25, -0.2) is 5.01 Å². The Balaban J connectivity index is 1.71. The van der Waals surface area contributed by atoms with Crippen molar-refractivity contribution in [2.75, 3.05) is 7.11 Å². The molecule has 2 heterocycles. The predicted octanol–water partition coefficient (Wildman–Crippen LogP) is 4.94. The molecule has 0 saturated heterocycles. The molecule has 0 spiro atoms. The number of benzene rings is 2. The molecule has 0 radical (unpaired) electrons. The summed E-state index contributed by atoms with van der Waals surface area (Å²) in [7, 11) is 1.68. The molecule has 0 bridgehead atoms. The number of ether oxygens (including phenoxy) is 2. The van der Waals surface area contributed by atoms with Crippen molar-refractivity contribution in [1.29, 1.82) is 0 Å². The Kier molecular flexibility index (Phi) is 4.12. The van der Waals surface area contributed by atoms with Crippen LogP contribution in [-0.2, 0) is 0 Å². The van der Waals surface area contributed by atoms with Crippen molar-refractivity contribution in [3.63, 3.8) is 0 Å². The van der Waals surface area contributed by atoms with E-state index in [0.29, 0.717) is 5.92 Å². The molecule has 0 aliphatic carbocycles. The van der Waals surface area contributed by atoms with E-state index in [1.165, 1.54) is 11.3 Å². The Bertz CT molecular complexity index is 783. The van der Waals surface area contributed by atoms with Gasteiger partial charge in [0.2, 0.25) is 6.23 Å². The molecule has 130 valence electrons. The highest BCUT2D eigenvalue weighted by atomic mass is 16.5. The molecular formula is C21H24N2O2. The molecule has 2 aromatic carbocycles. The molecule has 2 aliphatic heterocycles. The largest absolute Gasteiger partial charge is 0.497 e. The highest BCUT2D eigenvalue weighted by Gasteiger charge is 2.40. The molecule has 2 aliphatic rings. The van der Waals surface area contributed by atoms with E-state index in [-0.39, 0.29) is 12.3 Å². The van der Waals surface area contributed by atoms with Gasteiger partial charge in [-0.05, 0) is 42.7 Å². The van der Waals surface area contributed by atoms with Crippen molar-refractivity contribution in [2.24, 2.45) is 11.0 Å². The van der Waals surface area contributed by atoms with Crippen LogP contribution in [0.25, 0.3) is 0 Å². The second kappa shape index (κ2) is 6.43. The third-order valence-electron chi connectivity index (χ3n) is 4.81. The van der Waals surface area contributed by atoms with Crippen molar-refractivity contribution in [3.8, 4) is 11.5 Å². The van der Waals surface area contributed by atoms with E-state index in [0.717, 1.165) is 29.9 Å². The van der Waals surface area contributed by atoms with Gasteiger partial charge in [0.1, 0.15) is 11.5 Å². The first-order valence-electron chi connectivity index (χ1n) is 8.90. The van der Waals surface area contributed by atoms with Crippen molar-refractivity contribution in [3.05, 3.63) is 59.7 Å². The number of hydrogen-bond donors (Lipinski definition) is 0. The van der Waals surface area contributed by atoms with E-state index in [2.05, 4.69) is 49.2 Å². The van der Waals surface area contributed by atoms with E-state index in [1.807, 2.05) is 18.2 Å². The van der Waals surface area contributed by atoms with E-state index >= 15 is 0 Å². The lowest BCUT2D eigenvalue weighted by Gasteiger charge is -2.38. The van der Waals surface area contributed by atoms with Crippen LogP contribution in [-0.4, -0.2) is 17.8 Å². The SMILES string of the molecule is COc1ccc([C@@H]2Oc3ccccc3[C@@H]3CC(CC(C)C)=NN32)cc1. The fourth-order valence-corrected chi connectivity index (χ4v) is 3.68. The molecule has 2 atom stereocenters. The first-order chi connectivity index (χ1) is 12.2. The van der Waals surface area contributed by atoms with E-state index < -0.39 is 0 Å². The van der Waals surface area contributed by atoms with Gasteiger partial charge >= 0.3 is 0 Å². The molecule has 0 saturated carbocycles. The van der Waals surface area contributed by atoms with Crippen LogP contribution in [0.2, 0.25) is 0 Å². The molecule has 4 nitrogen and oxygen atoms in total. The van der Waals surface area contributed by atoms with Crippen molar-refractivity contribution in [1.82, 2.24) is 5.01 Å². The Hall–Kier alpha value is -2.49. The van der Waals surface area contributed by atoms with E-state index in [9.17, 15) is 0 Å². The van der Waals surface area contributed by atoms with Gasteiger partial charge in [-0.1, -0.05) is 32.0 Å². The fourth-order valence-electron chi connectivity index (χ4n) is 3.68. The van der Waals surface area contributed by atoms with Gasteiger partial charge in [0, 0.05) is 23.3 Å². The van der Waals surface area contributed by atoms with Crippen LogP contribution < -0.4 is 9.47 Å². The summed E-state index contributed by atoms with van der Waals surface area (Å²) in [6, 6.07) is 16.7. The zero-order chi connectivity index (χ0) is 17.4. The lowest BCUT2D eigenvalue weighted by Crippen LogP contribution is -2.33. The number of hydrazone groups is 1. The van der Waals surface area contributed by atoms with Gasteiger partial charge in [-0.3, -0.25) is 0 Å². The van der Waals surface area contributed by atoms with E-state index in [4.69, 9.17) is 14.6 Å². The number of fused-ring (bicyclic) bond motifs is 3. The Morgan fingerprint density at radius 2 is 1.92 bits per heavy atom. The topological polar surface area (TPSA) is 34.1 Å². The van der Waals surface area contributed by atoms with Crippen LogP contribution in [0.1, 0.15) is 50.1 Å². The summed E-state index contributed by atoms with van der Waals surface area (Å²) in [5.41, 5.74) is 3.59. The summed E-state index contributed by atoms with van der Waals surface area (Å²) >= 11 is 0. The molecule has 4 heteroatoms. The third kappa shape index (κ3) is 2.97. The monoisotopic (exact) mass is 336 g/mol. The Morgan fingerprint density at radius 3 is 2.64 bits per heavy atom. The standard InChI is InChI=1S/C21H24N2O2/c1-14(2)12-16-13-19-18-6-4-5-7-20(18)25-21(23(19)22-16)15-8-10-17(24-3)11-9-15/h4-11,14,19,21H,12-13H2,1-3H3/t19-,21-/m0/s1. The van der Waals surface area contributed by atoms with Crippen molar-refractivity contribution < 1.29 is 9.47 Å². The summed E-state index contributed by atoms with van der Waals surface area (Å²) in [5.74, 6) is 2.42. The molecule has 2 aromatic rings. The van der Waals surface area contributed by atoms with Crippen LogP contribution in [0.5, 0.6) is 11.5 Å². The minimum atomic E-state index is -0.199. The first kappa shape index (κ1) is 16.0. The Morgan fingerprint density at radius 1 is 1.16 bits per heavy atom. The molecule has 4 rings (SSSR count). The molecule has 25 heavy (non-hydrogen) atoms. The summed E-state index contributed by atoms with van der Waals surface area (Å²) in [4.78, 5) is 0. The summed E-state index contributed by atoms with van der Waals surface area (Å²) in [6.07, 6.45) is 1.81. The van der Waals surface area contributed by atoms with Crippen LogP contribution in [0.3, 0.4) is 0 Å². The van der Waals surface area contributed by atoms with Crippen LogP contribution >= 0.6 is 0 Å². The number of methoxy groups -OCH3 is 1. The van der Waals surface area contributed by atoms with Gasteiger partial charge in [-0.15, -0.1) is 0 Å². The quantitative estimate of drug-likeness (QED) is 0.793. The maximum Gasteiger partial charge on any atom is 0.213 e. The average molecular weight is 336 g/mol. The minimum Gasteiger partial charge on any atom is -0.497 e. The smallest absolute Gasteiger partial charge is 0.213 e. The fraction of sp³-hybridized carbons (Fsp3) is 0.381. The summed E-state index contributed by atoms with van der Waals surface area (Å²) < 4.78 is 11.6. The maximum absolute atomic E-state index is 6.34. The highest BCUT2D eigenvalue weighted by molar-refractivity contribution is 5.86. The zero-order valence-electron chi connectivity index (χ0n) is 15.0. The van der Waals surface area contributed by atoms with Crippen LogP contribution in [0, 0.1) is 5.92 Å². The van der Waals surface area contributed by atoms with Gasteiger partial charge < -0.3 is 9.47 Å². The molecule has 0 unspecified atom stereocenters. The normalized spacial score (nSPS) is 21.4. The molecule has 0 fully saturated rings. The summed E-state index contributed by atoms with van der Waals surface area (Å²) in [5, 5.41) is 7.08. The summed E-state index contributed by atoms with van der Waals surface area (Å²) in [6.45, 7) is 4.48. The third-order valence-corrected chi connectivity index (χ3v) is 4.81. The second-order valence-electron chi connectivity index (χ2n) is 7.15.